The Morgan fingerprint density at radius 2 is 1.57 bits per heavy atom. The molecular formula is C39H32F3N3O4. The maximum Gasteiger partial charge on any atom is 0.416 e. The number of anilines is 1. The fourth-order valence-electron chi connectivity index (χ4n) is 5.89. The molecule has 0 saturated heterocycles. The largest absolute Gasteiger partial charge is 0.497 e. The quantitative estimate of drug-likeness (QED) is 0.172. The predicted octanol–water partition coefficient (Wildman–Crippen LogP) is 7.37. The van der Waals surface area contributed by atoms with E-state index < -0.39 is 23.7 Å². The molecule has 0 unspecified atom stereocenters. The van der Waals surface area contributed by atoms with E-state index in [1.54, 1.807) is 78.7 Å². The van der Waals surface area contributed by atoms with Gasteiger partial charge >= 0.3 is 6.18 Å². The highest BCUT2D eigenvalue weighted by Crippen LogP contribution is 2.35. The highest BCUT2D eigenvalue weighted by atomic mass is 19.4. The van der Waals surface area contributed by atoms with Crippen LogP contribution in [0.2, 0.25) is 0 Å². The molecule has 2 N–H and O–H groups in total. The summed E-state index contributed by atoms with van der Waals surface area (Å²) in [5, 5.41) is 5.77. The number of halogens is 3. The lowest BCUT2D eigenvalue weighted by Gasteiger charge is -2.21. The van der Waals surface area contributed by atoms with Gasteiger partial charge in [-0.2, -0.15) is 13.2 Å². The number of fused-ring (bicyclic) bond motifs is 1. The standard InChI is InChI=1S/C39H32F3N3O4/c1-49-31-11-7-8-25(22-31)24-43-37(47)35(27-9-3-2-4-10-27)44-36(46)29-16-19-34-28(23-29)20-21-45(34)38(48)33-13-6-5-12-32(33)26-14-17-30(18-15-26)39(40,41)42/h2-19,22-23,35H,20-21,24H2,1H3,(H,43,47)(H,44,46)/t35-/m0/s1. The minimum atomic E-state index is -4.46. The first-order valence-electron chi connectivity index (χ1n) is 15.6. The van der Waals surface area contributed by atoms with E-state index in [2.05, 4.69) is 10.6 Å². The number of amides is 3. The summed E-state index contributed by atoms with van der Waals surface area (Å²) in [6.07, 6.45) is -3.97. The van der Waals surface area contributed by atoms with Crippen LogP contribution < -0.4 is 20.3 Å². The molecule has 0 aromatic heterocycles. The number of rotatable bonds is 9. The van der Waals surface area contributed by atoms with Crippen LogP contribution in [0.5, 0.6) is 5.75 Å². The van der Waals surface area contributed by atoms with Crippen LogP contribution in [0.15, 0.2) is 121 Å². The van der Waals surface area contributed by atoms with Crippen molar-refractivity contribution in [2.75, 3.05) is 18.6 Å². The summed E-state index contributed by atoms with van der Waals surface area (Å²) in [6.45, 7) is 0.597. The minimum absolute atomic E-state index is 0.236. The number of carbonyl (C=O) groups is 3. The number of benzene rings is 5. The second-order valence-corrected chi connectivity index (χ2v) is 11.6. The number of hydrogen-bond acceptors (Lipinski definition) is 4. The molecule has 1 aliphatic heterocycles. The van der Waals surface area contributed by atoms with Gasteiger partial charge in [0.25, 0.3) is 11.8 Å². The van der Waals surface area contributed by atoms with Gasteiger partial charge < -0.3 is 20.3 Å². The molecule has 0 bridgehead atoms. The van der Waals surface area contributed by atoms with Crippen molar-refractivity contribution in [1.29, 1.82) is 0 Å². The fraction of sp³-hybridized carbons (Fsp3) is 0.154. The van der Waals surface area contributed by atoms with Gasteiger partial charge in [0.2, 0.25) is 5.91 Å². The molecule has 0 spiro atoms. The number of carbonyl (C=O) groups excluding carboxylic acids is 3. The molecular weight excluding hydrogens is 631 g/mol. The molecule has 5 aromatic rings. The molecule has 0 fully saturated rings. The zero-order chi connectivity index (χ0) is 34.5. The normalized spacial score (nSPS) is 12.9. The van der Waals surface area contributed by atoms with E-state index in [9.17, 15) is 27.6 Å². The third kappa shape index (κ3) is 7.33. The fourth-order valence-corrected chi connectivity index (χ4v) is 5.89. The molecule has 3 amide bonds. The summed E-state index contributed by atoms with van der Waals surface area (Å²) in [4.78, 5) is 42.4. The summed E-state index contributed by atoms with van der Waals surface area (Å²) in [7, 11) is 1.57. The molecule has 0 aliphatic carbocycles. The lowest BCUT2D eigenvalue weighted by molar-refractivity contribution is -0.137. The van der Waals surface area contributed by atoms with Crippen LogP contribution in [0.1, 0.15) is 49.0 Å². The van der Waals surface area contributed by atoms with Gasteiger partial charge in [-0.3, -0.25) is 14.4 Å². The van der Waals surface area contributed by atoms with Gasteiger partial charge in [0.15, 0.2) is 0 Å². The topological polar surface area (TPSA) is 87.7 Å². The Morgan fingerprint density at radius 1 is 0.837 bits per heavy atom. The van der Waals surface area contributed by atoms with Gasteiger partial charge in [0.1, 0.15) is 11.8 Å². The van der Waals surface area contributed by atoms with Crippen LogP contribution in [-0.4, -0.2) is 31.4 Å². The Labute approximate surface area is 281 Å². The molecule has 1 atom stereocenters. The van der Waals surface area contributed by atoms with Crippen LogP contribution in [0.3, 0.4) is 0 Å². The van der Waals surface area contributed by atoms with Gasteiger partial charge in [-0.25, -0.2) is 0 Å². The van der Waals surface area contributed by atoms with Gasteiger partial charge in [0.05, 0.1) is 12.7 Å². The Kier molecular flexibility index (Phi) is 9.48. The second kappa shape index (κ2) is 14.1. The summed E-state index contributed by atoms with van der Waals surface area (Å²) < 4.78 is 44.7. The summed E-state index contributed by atoms with van der Waals surface area (Å²) in [5.74, 6) is -0.471. The number of alkyl halides is 3. The molecule has 1 heterocycles. The van der Waals surface area contributed by atoms with Crippen molar-refractivity contribution in [2.24, 2.45) is 0 Å². The SMILES string of the molecule is COc1cccc(CNC(=O)[C@@H](NC(=O)c2ccc3c(c2)CCN3C(=O)c2ccccc2-c2ccc(C(F)(F)F)cc2)c2ccccc2)c1. The monoisotopic (exact) mass is 663 g/mol. The van der Waals surface area contributed by atoms with Crippen molar-refractivity contribution < 1.29 is 32.3 Å². The number of methoxy groups -OCH3 is 1. The van der Waals surface area contributed by atoms with Gasteiger partial charge in [-0.05, 0) is 82.8 Å². The molecule has 0 radical (unpaired) electrons. The molecule has 5 aromatic carbocycles. The van der Waals surface area contributed by atoms with E-state index in [0.29, 0.717) is 52.2 Å². The highest BCUT2D eigenvalue weighted by molar-refractivity contribution is 6.11. The highest BCUT2D eigenvalue weighted by Gasteiger charge is 2.31. The van der Waals surface area contributed by atoms with Crippen LogP contribution in [0.4, 0.5) is 18.9 Å². The van der Waals surface area contributed by atoms with Crippen molar-refractivity contribution >= 4 is 23.4 Å². The third-order valence-corrected chi connectivity index (χ3v) is 8.43. The van der Waals surface area contributed by atoms with E-state index in [0.717, 1.165) is 23.3 Å². The first kappa shape index (κ1) is 33.0. The molecule has 1 aliphatic rings. The van der Waals surface area contributed by atoms with Crippen LogP contribution in [-0.2, 0) is 23.9 Å². The van der Waals surface area contributed by atoms with Gasteiger partial charge in [-0.15, -0.1) is 0 Å². The zero-order valence-corrected chi connectivity index (χ0v) is 26.5. The average Bonchev–Trinajstić information content (AvgIpc) is 3.56. The molecule has 6 rings (SSSR count). The van der Waals surface area contributed by atoms with Crippen molar-refractivity contribution in [1.82, 2.24) is 10.6 Å². The van der Waals surface area contributed by atoms with E-state index >= 15 is 0 Å². The minimum Gasteiger partial charge on any atom is -0.497 e. The van der Waals surface area contributed by atoms with Crippen LogP contribution in [0.25, 0.3) is 11.1 Å². The number of ether oxygens (including phenoxy) is 1. The zero-order valence-electron chi connectivity index (χ0n) is 26.5. The first-order valence-corrected chi connectivity index (χ1v) is 15.6. The van der Waals surface area contributed by atoms with Crippen molar-refractivity contribution in [2.45, 2.75) is 25.2 Å². The Balaban J connectivity index is 1.19. The Hall–Kier alpha value is -5.90. The smallest absolute Gasteiger partial charge is 0.416 e. The van der Waals surface area contributed by atoms with Crippen molar-refractivity contribution in [3.05, 3.63) is 155 Å². The summed E-state index contributed by atoms with van der Waals surface area (Å²) >= 11 is 0. The maximum absolute atomic E-state index is 13.8. The predicted molar refractivity (Wildman–Crippen MR) is 180 cm³/mol. The Morgan fingerprint density at radius 3 is 2.31 bits per heavy atom. The van der Waals surface area contributed by atoms with Gasteiger partial charge in [0, 0.05) is 29.9 Å². The van der Waals surface area contributed by atoms with Gasteiger partial charge in [-0.1, -0.05) is 72.8 Å². The van der Waals surface area contributed by atoms with Crippen molar-refractivity contribution in [3.63, 3.8) is 0 Å². The van der Waals surface area contributed by atoms with Crippen LogP contribution >= 0.6 is 0 Å². The Bertz CT molecular complexity index is 2000. The molecule has 49 heavy (non-hydrogen) atoms. The number of nitrogens with zero attached hydrogens (tertiary/aromatic N) is 1. The molecule has 7 nitrogen and oxygen atoms in total. The average molecular weight is 664 g/mol. The van der Waals surface area contributed by atoms with Crippen molar-refractivity contribution in [3.8, 4) is 16.9 Å². The second-order valence-electron chi connectivity index (χ2n) is 11.6. The van der Waals surface area contributed by atoms with E-state index in [1.807, 2.05) is 30.3 Å². The first-order chi connectivity index (χ1) is 23.6. The van der Waals surface area contributed by atoms with E-state index in [4.69, 9.17) is 4.74 Å². The third-order valence-electron chi connectivity index (χ3n) is 8.43. The lowest BCUT2D eigenvalue weighted by atomic mass is 9.97. The molecule has 10 heteroatoms. The molecule has 0 saturated carbocycles. The van der Waals surface area contributed by atoms with Crippen LogP contribution in [0, 0.1) is 0 Å². The number of hydrogen-bond donors (Lipinski definition) is 2. The summed E-state index contributed by atoms with van der Waals surface area (Å²) in [6, 6.07) is 31.9. The summed E-state index contributed by atoms with van der Waals surface area (Å²) in [5.41, 5.74) is 3.80. The lowest BCUT2D eigenvalue weighted by Crippen LogP contribution is -2.40. The van der Waals surface area contributed by atoms with E-state index in [-0.39, 0.29) is 18.4 Å². The maximum atomic E-state index is 13.8. The van der Waals surface area contributed by atoms with E-state index in [1.165, 1.54) is 12.1 Å². The molecule has 248 valence electrons. The number of nitrogens with one attached hydrogen (secondary N) is 2.